The first-order chi connectivity index (χ1) is 8.18. The Balaban J connectivity index is 2.26. The van der Waals surface area contributed by atoms with Crippen LogP contribution >= 0.6 is 0 Å². The van der Waals surface area contributed by atoms with Crippen molar-refractivity contribution in [1.29, 1.82) is 0 Å². The number of benzene rings is 1. The number of hydrogen-bond acceptors (Lipinski definition) is 2. The van der Waals surface area contributed by atoms with E-state index in [2.05, 4.69) is 0 Å². The maximum absolute atomic E-state index is 12.0. The molecule has 2 aromatic rings. The molecular weight excluding hydrogens is 216 g/mol. The summed E-state index contributed by atoms with van der Waals surface area (Å²) in [6.07, 6.45) is 2.92. The maximum Gasteiger partial charge on any atom is 0.332 e. The van der Waals surface area contributed by atoms with Crippen LogP contribution in [0.3, 0.4) is 0 Å². The Kier molecular flexibility index (Phi) is 3.05. The fraction of sp³-hybridized carbons (Fsp3) is 0.0769. The van der Waals surface area contributed by atoms with Gasteiger partial charge in [0.25, 0.3) is 0 Å². The molecule has 17 heavy (non-hydrogen) atoms. The average molecular weight is 228 g/mol. The third-order valence-corrected chi connectivity index (χ3v) is 2.45. The van der Waals surface area contributed by atoms with Crippen molar-refractivity contribution >= 4 is 11.7 Å². The molecule has 1 aromatic carbocycles. The van der Waals surface area contributed by atoms with E-state index in [1.807, 2.05) is 30.3 Å². The number of hydrogen-bond donors (Lipinski definition) is 0. The van der Waals surface area contributed by atoms with Gasteiger partial charge in [0.05, 0.1) is 0 Å². The third-order valence-electron chi connectivity index (χ3n) is 2.45. The molecule has 0 aliphatic heterocycles. The van der Waals surface area contributed by atoms with E-state index in [4.69, 9.17) is 0 Å². The lowest BCUT2D eigenvalue weighted by atomic mass is 10.3. The molecule has 0 spiro atoms. The zero-order valence-corrected chi connectivity index (χ0v) is 9.41. The summed E-state index contributed by atoms with van der Waals surface area (Å²) in [7, 11) is 1.69. The second-order valence-corrected chi connectivity index (χ2v) is 3.62. The van der Waals surface area contributed by atoms with Crippen molar-refractivity contribution in [3.63, 3.8) is 0 Å². The SMILES string of the molecule is CN(C(=O)n1ccc(=O)cc1)c1ccccc1. The largest absolute Gasteiger partial charge is 0.332 e. The van der Waals surface area contributed by atoms with Crippen molar-refractivity contribution in [3.8, 4) is 0 Å². The smallest absolute Gasteiger partial charge is 0.297 e. The van der Waals surface area contributed by atoms with Gasteiger partial charge in [-0.3, -0.25) is 14.3 Å². The molecule has 1 heterocycles. The van der Waals surface area contributed by atoms with Gasteiger partial charge in [0.2, 0.25) is 0 Å². The van der Waals surface area contributed by atoms with Crippen LogP contribution in [0.15, 0.2) is 59.7 Å². The highest BCUT2D eigenvalue weighted by Gasteiger charge is 2.10. The van der Waals surface area contributed by atoms with Crippen LogP contribution in [0.5, 0.6) is 0 Å². The van der Waals surface area contributed by atoms with Crippen molar-refractivity contribution in [2.75, 3.05) is 11.9 Å². The van der Waals surface area contributed by atoms with Gasteiger partial charge in [0, 0.05) is 37.3 Å². The van der Waals surface area contributed by atoms with Crippen LogP contribution in [0.25, 0.3) is 0 Å². The van der Waals surface area contributed by atoms with Gasteiger partial charge >= 0.3 is 6.03 Å². The summed E-state index contributed by atoms with van der Waals surface area (Å²) >= 11 is 0. The predicted octanol–water partition coefficient (Wildman–Crippen LogP) is 1.95. The van der Waals surface area contributed by atoms with Gasteiger partial charge in [-0.25, -0.2) is 4.79 Å². The lowest BCUT2D eigenvalue weighted by Crippen LogP contribution is -2.31. The van der Waals surface area contributed by atoms with Crippen LogP contribution in [-0.4, -0.2) is 17.6 Å². The summed E-state index contributed by atoms with van der Waals surface area (Å²) in [5, 5.41) is 0. The van der Waals surface area contributed by atoms with E-state index < -0.39 is 0 Å². The molecule has 0 unspecified atom stereocenters. The van der Waals surface area contributed by atoms with E-state index in [1.165, 1.54) is 34.0 Å². The lowest BCUT2D eigenvalue weighted by molar-refractivity contribution is 0.249. The molecule has 1 aromatic heterocycles. The number of pyridine rings is 1. The summed E-state index contributed by atoms with van der Waals surface area (Å²) in [6.45, 7) is 0. The molecule has 0 saturated heterocycles. The van der Waals surface area contributed by atoms with Crippen molar-refractivity contribution in [2.45, 2.75) is 0 Å². The highest BCUT2D eigenvalue weighted by Crippen LogP contribution is 2.11. The van der Waals surface area contributed by atoms with Crippen molar-refractivity contribution in [1.82, 2.24) is 4.57 Å². The molecule has 0 bridgehead atoms. The predicted molar refractivity (Wildman–Crippen MR) is 66.3 cm³/mol. The Morgan fingerprint density at radius 1 is 1.06 bits per heavy atom. The molecular formula is C13H12N2O2. The number of rotatable bonds is 1. The van der Waals surface area contributed by atoms with Crippen LogP contribution < -0.4 is 10.3 Å². The standard InChI is InChI=1S/C13H12N2O2/c1-14(11-5-3-2-4-6-11)13(17)15-9-7-12(16)8-10-15/h2-10H,1H3. The average Bonchev–Trinajstić information content (AvgIpc) is 2.39. The van der Waals surface area contributed by atoms with Gasteiger partial charge in [0.15, 0.2) is 5.43 Å². The molecule has 0 aliphatic carbocycles. The Morgan fingerprint density at radius 2 is 1.65 bits per heavy atom. The summed E-state index contributed by atoms with van der Waals surface area (Å²) in [6, 6.07) is 11.8. The monoisotopic (exact) mass is 228 g/mol. The number of aromatic nitrogens is 1. The zero-order valence-electron chi connectivity index (χ0n) is 9.41. The van der Waals surface area contributed by atoms with E-state index in [9.17, 15) is 9.59 Å². The summed E-state index contributed by atoms with van der Waals surface area (Å²) < 4.78 is 1.37. The van der Waals surface area contributed by atoms with Gasteiger partial charge in [-0.05, 0) is 12.1 Å². The first-order valence-electron chi connectivity index (χ1n) is 5.20. The molecule has 0 aliphatic rings. The van der Waals surface area contributed by atoms with Crippen molar-refractivity contribution in [2.24, 2.45) is 0 Å². The molecule has 0 saturated carbocycles. The zero-order chi connectivity index (χ0) is 12.3. The van der Waals surface area contributed by atoms with Crippen molar-refractivity contribution in [3.05, 3.63) is 65.1 Å². The molecule has 0 fully saturated rings. The molecule has 0 atom stereocenters. The second-order valence-electron chi connectivity index (χ2n) is 3.62. The quantitative estimate of drug-likeness (QED) is 0.748. The minimum Gasteiger partial charge on any atom is -0.297 e. The van der Waals surface area contributed by atoms with Crippen LogP contribution in [-0.2, 0) is 0 Å². The van der Waals surface area contributed by atoms with Crippen LogP contribution in [0.4, 0.5) is 10.5 Å². The van der Waals surface area contributed by atoms with Gasteiger partial charge < -0.3 is 0 Å². The second kappa shape index (κ2) is 4.65. The Labute approximate surface area is 98.7 Å². The van der Waals surface area contributed by atoms with Gasteiger partial charge in [-0.1, -0.05) is 18.2 Å². The molecule has 0 radical (unpaired) electrons. The fourth-order valence-corrected chi connectivity index (χ4v) is 1.48. The number of amides is 1. The number of para-hydroxylation sites is 1. The van der Waals surface area contributed by atoms with Crippen LogP contribution in [0.2, 0.25) is 0 Å². The molecule has 4 nitrogen and oxygen atoms in total. The summed E-state index contributed by atoms with van der Waals surface area (Å²) in [5.41, 5.74) is 0.688. The first-order valence-corrected chi connectivity index (χ1v) is 5.20. The fourth-order valence-electron chi connectivity index (χ4n) is 1.48. The summed E-state index contributed by atoms with van der Waals surface area (Å²) in [4.78, 5) is 24.5. The first kappa shape index (κ1) is 11.1. The lowest BCUT2D eigenvalue weighted by Gasteiger charge is -2.18. The topological polar surface area (TPSA) is 42.3 Å². The maximum atomic E-state index is 12.0. The minimum absolute atomic E-state index is 0.114. The third kappa shape index (κ3) is 2.42. The molecule has 2 rings (SSSR count). The Bertz CT molecular complexity index is 555. The van der Waals surface area contributed by atoms with Gasteiger partial charge in [0.1, 0.15) is 0 Å². The molecule has 0 N–H and O–H groups in total. The van der Waals surface area contributed by atoms with E-state index in [0.717, 1.165) is 5.69 Å². The Morgan fingerprint density at radius 3 is 2.24 bits per heavy atom. The van der Waals surface area contributed by atoms with Gasteiger partial charge in [-0.2, -0.15) is 0 Å². The van der Waals surface area contributed by atoms with E-state index in [1.54, 1.807) is 7.05 Å². The molecule has 1 amide bonds. The highest BCUT2D eigenvalue weighted by atomic mass is 16.2. The minimum atomic E-state index is -0.212. The van der Waals surface area contributed by atoms with Crippen LogP contribution in [0, 0.1) is 0 Å². The molecule has 86 valence electrons. The van der Waals surface area contributed by atoms with E-state index in [0.29, 0.717) is 0 Å². The van der Waals surface area contributed by atoms with Crippen molar-refractivity contribution < 1.29 is 4.79 Å². The number of carbonyl (C=O) groups excluding carboxylic acids is 1. The van der Waals surface area contributed by atoms with E-state index in [-0.39, 0.29) is 11.5 Å². The highest BCUT2D eigenvalue weighted by molar-refractivity contribution is 5.92. The number of carbonyl (C=O) groups is 1. The van der Waals surface area contributed by atoms with E-state index >= 15 is 0 Å². The number of nitrogens with zero attached hydrogens (tertiary/aromatic N) is 2. The Hall–Kier alpha value is -2.36. The van der Waals surface area contributed by atoms with Crippen LogP contribution in [0.1, 0.15) is 0 Å². The molecule has 4 heteroatoms. The normalized spacial score (nSPS) is 9.94. The summed E-state index contributed by atoms with van der Waals surface area (Å²) in [5.74, 6) is 0. The number of anilines is 1. The van der Waals surface area contributed by atoms with Gasteiger partial charge in [-0.15, -0.1) is 0 Å².